The number of hydrogen-bond donors (Lipinski definition) is 0. The van der Waals surface area contributed by atoms with Gasteiger partial charge in [0.1, 0.15) is 6.54 Å². The molecule has 1 heterocycles. The standard InChI is InChI=1S/C27H29N3O2/c1-4-29(5-2)21-16-14-20(15-17-21)18-28(3)26(31)19-30-24-12-8-6-10-22(24)27(32)23-11-7-9-13-25(23)30/h6-17H,4-5,18-19H2,1-3H3. The topological polar surface area (TPSA) is 45.5 Å². The van der Waals surface area contributed by atoms with Gasteiger partial charge in [0.2, 0.25) is 5.91 Å². The van der Waals surface area contributed by atoms with Gasteiger partial charge in [-0.25, -0.2) is 0 Å². The fourth-order valence-electron chi connectivity index (χ4n) is 4.27. The molecule has 4 aromatic rings. The van der Waals surface area contributed by atoms with E-state index in [1.165, 1.54) is 5.69 Å². The first-order valence-corrected chi connectivity index (χ1v) is 11.1. The molecule has 0 saturated heterocycles. The molecule has 5 heteroatoms. The van der Waals surface area contributed by atoms with Crippen molar-refractivity contribution >= 4 is 33.4 Å². The van der Waals surface area contributed by atoms with Crippen LogP contribution in [0.1, 0.15) is 19.4 Å². The first kappa shape index (κ1) is 21.6. The van der Waals surface area contributed by atoms with Crippen LogP contribution in [0.5, 0.6) is 0 Å². The average Bonchev–Trinajstić information content (AvgIpc) is 2.83. The molecule has 1 amide bonds. The summed E-state index contributed by atoms with van der Waals surface area (Å²) >= 11 is 0. The van der Waals surface area contributed by atoms with Crippen LogP contribution >= 0.6 is 0 Å². The Hall–Kier alpha value is -3.60. The molecule has 5 nitrogen and oxygen atoms in total. The predicted octanol–water partition coefficient (Wildman–Crippen LogP) is 4.66. The van der Waals surface area contributed by atoms with Crippen molar-refractivity contribution < 1.29 is 4.79 Å². The Morgan fingerprint density at radius 3 is 1.88 bits per heavy atom. The molecule has 32 heavy (non-hydrogen) atoms. The van der Waals surface area contributed by atoms with E-state index < -0.39 is 0 Å². The van der Waals surface area contributed by atoms with Gasteiger partial charge in [-0.3, -0.25) is 9.59 Å². The van der Waals surface area contributed by atoms with Gasteiger partial charge in [0.25, 0.3) is 0 Å². The molecule has 0 N–H and O–H groups in total. The van der Waals surface area contributed by atoms with Crippen molar-refractivity contribution in [2.45, 2.75) is 26.9 Å². The third kappa shape index (κ3) is 4.11. The van der Waals surface area contributed by atoms with Crippen molar-refractivity contribution in [1.29, 1.82) is 0 Å². The molecule has 3 aromatic carbocycles. The van der Waals surface area contributed by atoms with Crippen molar-refractivity contribution in [3.63, 3.8) is 0 Å². The van der Waals surface area contributed by atoms with Gasteiger partial charge in [0, 0.05) is 43.1 Å². The molecule has 0 unspecified atom stereocenters. The molecule has 0 saturated carbocycles. The number of rotatable bonds is 7. The number of benzene rings is 3. The molecule has 4 rings (SSSR count). The summed E-state index contributed by atoms with van der Waals surface area (Å²) in [6.45, 7) is 6.94. The molecule has 1 aromatic heterocycles. The van der Waals surface area contributed by atoms with Crippen LogP contribution in [0.15, 0.2) is 77.6 Å². The van der Waals surface area contributed by atoms with E-state index >= 15 is 0 Å². The summed E-state index contributed by atoms with van der Waals surface area (Å²) < 4.78 is 1.95. The minimum atomic E-state index is -0.00299. The summed E-state index contributed by atoms with van der Waals surface area (Å²) in [5, 5.41) is 1.27. The SMILES string of the molecule is CCN(CC)c1ccc(CN(C)C(=O)Cn2c3ccccc3c(=O)c3ccccc32)cc1. The van der Waals surface area contributed by atoms with Crippen LogP contribution in [-0.4, -0.2) is 35.5 Å². The highest BCUT2D eigenvalue weighted by Gasteiger charge is 2.15. The lowest BCUT2D eigenvalue weighted by Crippen LogP contribution is -2.30. The van der Waals surface area contributed by atoms with E-state index in [0.717, 1.165) is 29.7 Å². The quantitative estimate of drug-likeness (QED) is 0.403. The monoisotopic (exact) mass is 427 g/mol. The third-order valence-electron chi connectivity index (χ3n) is 6.08. The summed E-state index contributed by atoms with van der Waals surface area (Å²) in [4.78, 5) is 30.1. The van der Waals surface area contributed by atoms with Crippen molar-refractivity contribution in [2.24, 2.45) is 0 Å². The van der Waals surface area contributed by atoms with Crippen molar-refractivity contribution in [3.05, 3.63) is 88.6 Å². The largest absolute Gasteiger partial charge is 0.372 e. The van der Waals surface area contributed by atoms with Crippen LogP contribution in [0, 0.1) is 0 Å². The maximum Gasteiger partial charge on any atom is 0.242 e. The smallest absolute Gasteiger partial charge is 0.242 e. The van der Waals surface area contributed by atoms with Gasteiger partial charge in [0.15, 0.2) is 5.43 Å². The van der Waals surface area contributed by atoms with E-state index in [0.29, 0.717) is 17.3 Å². The molecule has 164 valence electrons. The molecule has 0 spiro atoms. The zero-order valence-corrected chi connectivity index (χ0v) is 18.9. The lowest BCUT2D eigenvalue weighted by atomic mass is 10.1. The molecular weight excluding hydrogens is 398 g/mol. The zero-order valence-electron chi connectivity index (χ0n) is 18.9. The van der Waals surface area contributed by atoms with Crippen molar-refractivity contribution in [2.75, 3.05) is 25.0 Å². The van der Waals surface area contributed by atoms with E-state index in [1.807, 2.05) is 60.1 Å². The molecule has 0 fully saturated rings. The van der Waals surface area contributed by atoms with E-state index in [1.54, 1.807) is 4.90 Å². The molecular formula is C27H29N3O2. The highest BCUT2D eigenvalue weighted by Crippen LogP contribution is 2.20. The van der Waals surface area contributed by atoms with Crippen LogP contribution in [0.2, 0.25) is 0 Å². The Morgan fingerprint density at radius 2 is 1.34 bits per heavy atom. The summed E-state index contributed by atoms with van der Waals surface area (Å²) in [6.07, 6.45) is 0. The van der Waals surface area contributed by atoms with Crippen LogP contribution in [0.4, 0.5) is 5.69 Å². The number of para-hydroxylation sites is 2. The highest BCUT2D eigenvalue weighted by atomic mass is 16.2. The fraction of sp³-hybridized carbons (Fsp3) is 0.259. The Labute approximate surface area is 188 Å². The summed E-state index contributed by atoms with van der Waals surface area (Å²) in [5.74, 6) is -0.00299. The van der Waals surface area contributed by atoms with Crippen LogP contribution in [-0.2, 0) is 17.9 Å². The molecule has 0 aliphatic carbocycles. The molecule has 0 atom stereocenters. The number of amides is 1. The zero-order chi connectivity index (χ0) is 22.7. The first-order valence-electron chi connectivity index (χ1n) is 11.1. The van der Waals surface area contributed by atoms with Gasteiger partial charge in [-0.2, -0.15) is 0 Å². The molecule has 0 bridgehead atoms. The van der Waals surface area contributed by atoms with Gasteiger partial charge in [0.05, 0.1) is 11.0 Å². The number of anilines is 1. The second-order valence-electron chi connectivity index (χ2n) is 8.04. The first-order chi connectivity index (χ1) is 15.5. The number of carbonyl (C=O) groups is 1. The lowest BCUT2D eigenvalue weighted by Gasteiger charge is -2.23. The Kier molecular flexibility index (Phi) is 6.26. The molecule has 0 radical (unpaired) electrons. The lowest BCUT2D eigenvalue weighted by molar-refractivity contribution is -0.130. The number of hydrogen-bond acceptors (Lipinski definition) is 3. The van der Waals surface area contributed by atoms with E-state index in [4.69, 9.17) is 0 Å². The van der Waals surface area contributed by atoms with Crippen molar-refractivity contribution in [3.8, 4) is 0 Å². The van der Waals surface area contributed by atoms with Crippen LogP contribution in [0.25, 0.3) is 21.8 Å². The Balaban J connectivity index is 1.60. The van der Waals surface area contributed by atoms with E-state index in [9.17, 15) is 9.59 Å². The number of carbonyl (C=O) groups excluding carboxylic acids is 1. The van der Waals surface area contributed by atoms with E-state index in [-0.39, 0.29) is 17.9 Å². The van der Waals surface area contributed by atoms with Crippen molar-refractivity contribution in [1.82, 2.24) is 9.47 Å². The number of likely N-dealkylation sites (N-methyl/N-ethyl adjacent to an activating group) is 1. The number of nitrogens with zero attached hydrogens (tertiary/aromatic N) is 3. The van der Waals surface area contributed by atoms with Crippen LogP contribution in [0.3, 0.4) is 0 Å². The summed E-state index contributed by atoms with van der Waals surface area (Å²) in [6, 6.07) is 23.4. The number of pyridine rings is 1. The Morgan fingerprint density at radius 1 is 0.812 bits per heavy atom. The fourth-order valence-corrected chi connectivity index (χ4v) is 4.27. The minimum absolute atomic E-state index is 0.00143. The second kappa shape index (κ2) is 9.27. The summed E-state index contributed by atoms with van der Waals surface area (Å²) in [5.41, 5.74) is 3.84. The van der Waals surface area contributed by atoms with Gasteiger partial charge in [-0.15, -0.1) is 0 Å². The molecule has 0 aliphatic rings. The van der Waals surface area contributed by atoms with Gasteiger partial charge in [-0.1, -0.05) is 36.4 Å². The molecule has 0 aliphatic heterocycles. The normalized spacial score (nSPS) is 11.1. The van der Waals surface area contributed by atoms with E-state index in [2.05, 4.69) is 43.0 Å². The third-order valence-corrected chi connectivity index (χ3v) is 6.08. The van der Waals surface area contributed by atoms with Gasteiger partial charge < -0.3 is 14.4 Å². The number of fused-ring (bicyclic) bond motifs is 2. The highest BCUT2D eigenvalue weighted by molar-refractivity contribution is 5.94. The minimum Gasteiger partial charge on any atom is -0.372 e. The summed E-state index contributed by atoms with van der Waals surface area (Å²) in [7, 11) is 1.83. The maximum atomic E-state index is 13.2. The van der Waals surface area contributed by atoms with Crippen LogP contribution < -0.4 is 10.3 Å². The van der Waals surface area contributed by atoms with Gasteiger partial charge >= 0.3 is 0 Å². The van der Waals surface area contributed by atoms with Gasteiger partial charge in [-0.05, 0) is 55.8 Å². The Bertz CT molecular complexity index is 1240. The number of aromatic nitrogens is 1. The maximum absolute atomic E-state index is 13.2. The second-order valence-corrected chi connectivity index (χ2v) is 8.04. The predicted molar refractivity (Wildman–Crippen MR) is 132 cm³/mol. The average molecular weight is 428 g/mol.